The lowest BCUT2D eigenvalue weighted by atomic mass is 10.00. The van der Waals surface area contributed by atoms with Gasteiger partial charge in [0, 0.05) is 29.8 Å². The summed E-state index contributed by atoms with van der Waals surface area (Å²) < 4.78 is 18.2. The zero-order chi connectivity index (χ0) is 19.3. The molecule has 2 fully saturated rings. The Morgan fingerprint density at radius 1 is 1.07 bits per heavy atom. The summed E-state index contributed by atoms with van der Waals surface area (Å²) in [5.41, 5.74) is 0.916. The molecule has 0 unspecified atom stereocenters. The van der Waals surface area contributed by atoms with Gasteiger partial charge >= 0.3 is 0 Å². The highest BCUT2D eigenvalue weighted by Crippen LogP contribution is 2.33. The maximum absolute atomic E-state index is 13.9. The molecule has 1 aromatic heterocycles. The molecule has 0 spiro atoms. The number of likely N-dealkylation sites (tertiary alicyclic amines) is 1. The first-order valence-corrected chi connectivity index (χ1v) is 11.6. The predicted molar refractivity (Wildman–Crippen MR) is 118 cm³/mol. The first kappa shape index (κ1) is 20.0. The lowest BCUT2D eigenvalue weighted by Gasteiger charge is -2.40. The van der Waals surface area contributed by atoms with E-state index in [1.54, 1.807) is 12.1 Å². The highest BCUT2D eigenvalue weighted by molar-refractivity contribution is 9.10. The van der Waals surface area contributed by atoms with Crippen LogP contribution in [0.3, 0.4) is 0 Å². The van der Waals surface area contributed by atoms with E-state index in [-0.39, 0.29) is 5.82 Å². The first-order chi connectivity index (χ1) is 13.7. The molecule has 7 heteroatoms. The topological polar surface area (TPSA) is 31.4 Å². The standard InChI is InChI=1S/C21H26BrFN4S/c22-16-14-19(25-28-20-7-3-2-6-18(20)23)21(24-15-16)27-12-8-17(9-13-27)26-10-4-1-5-11-26/h2-3,6-7,14-15,17,25H,1,4-5,8-13H2. The fourth-order valence-electron chi connectivity index (χ4n) is 4.12. The Morgan fingerprint density at radius 2 is 1.82 bits per heavy atom. The number of aromatic nitrogens is 1. The van der Waals surface area contributed by atoms with Gasteiger partial charge in [-0.3, -0.25) is 0 Å². The monoisotopic (exact) mass is 464 g/mol. The summed E-state index contributed by atoms with van der Waals surface area (Å²) in [5.74, 6) is 0.732. The highest BCUT2D eigenvalue weighted by Gasteiger charge is 2.27. The van der Waals surface area contributed by atoms with E-state index in [9.17, 15) is 4.39 Å². The van der Waals surface area contributed by atoms with Crippen LogP contribution in [-0.2, 0) is 0 Å². The number of pyridine rings is 1. The molecule has 0 bridgehead atoms. The van der Waals surface area contributed by atoms with Crippen LogP contribution in [0.15, 0.2) is 45.9 Å². The van der Waals surface area contributed by atoms with Crippen molar-refractivity contribution in [1.82, 2.24) is 9.88 Å². The molecule has 0 aliphatic carbocycles. The minimum absolute atomic E-state index is 0.216. The molecule has 0 radical (unpaired) electrons. The van der Waals surface area contributed by atoms with Crippen molar-refractivity contribution < 1.29 is 4.39 Å². The predicted octanol–water partition coefficient (Wildman–Crippen LogP) is 5.56. The summed E-state index contributed by atoms with van der Waals surface area (Å²) in [4.78, 5) is 10.3. The molecular formula is C21H26BrFN4S. The van der Waals surface area contributed by atoms with Gasteiger partial charge in [-0.2, -0.15) is 0 Å². The SMILES string of the molecule is Fc1ccccc1SNc1cc(Br)cnc1N1CCC(N2CCCCC2)CC1. The lowest BCUT2D eigenvalue weighted by Crippen LogP contribution is -2.47. The summed E-state index contributed by atoms with van der Waals surface area (Å²) in [7, 11) is 0. The van der Waals surface area contributed by atoms with Crippen LogP contribution in [0.25, 0.3) is 0 Å². The highest BCUT2D eigenvalue weighted by atomic mass is 79.9. The van der Waals surface area contributed by atoms with Crippen LogP contribution in [0.1, 0.15) is 32.1 Å². The number of nitrogens with one attached hydrogen (secondary N) is 1. The number of nitrogens with zero attached hydrogens (tertiary/aromatic N) is 3. The van der Waals surface area contributed by atoms with E-state index in [2.05, 4.69) is 35.4 Å². The Balaban J connectivity index is 1.42. The van der Waals surface area contributed by atoms with Crippen LogP contribution in [0.4, 0.5) is 15.9 Å². The number of piperidine rings is 2. The van der Waals surface area contributed by atoms with Gasteiger partial charge in [-0.25, -0.2) is 9.37 Å². The molecule has 1 aromatic carbocycles. The van der Waals surface area contributed by atoms with Crippen molar-refractivity contribution in [3.63, 3.8) is 0 Å². The van der Waals surface area contributed by atoms with Crippen molar-refractivity contribution in [3.05, 3.63) is 46.8 Å². The van der Waals surface area contributed by atoms with Crippen LogP contribution in [-0.4, -0.2) is 42.1 Å². The summed E-state index contributed by atoms with van der Waals surface area (Å²) in [5, 5.41) is 0. The second-order valence-electron chi connectivity index (χ2n) is 7.47. The maximum atomic E-state index is 13.9. The van der Waals surface area contributed by atoms with Gasteiger partial charge in [0.2, 0.25) is 0 Å². The van der Waals surface area contributed by atoms with Crippen molar-refractivity contribution in [1.29, 1.82) is 0 Å². The zero-order valence-corrected chi connectivity index (χ0v) is 18.3. The van der Waals surface area contributed by atoms with Crippen LogP contribution < -0.4 is 9.62 Å². The fraction of sp³-hybridized carbons (Fsp3) is 0.476. The molecule has 28 heavy (non-hydrogen) atoms. The molecule has 3 heterocycles. The lowest BCUT2D eigenvalue weighted by molar-refractivity contribution is 0.141. The van der Waals surface area contributed by atoms with Gasteiger partial charge in [0.25, 0.3) is 0 Å². The molecular weight excluding hydrogens is 439 g/mol. The number of halogens is 2. The van der Waals surface area contributed by atoms with Gasteiger partial charge in [-0.05, 0) is 84.8 Å². The summed E-state index contributed by atoms with van der Waals surface area (Å²) >= 11 is 4.80. The molecule has 4 rings (SSSR count). The number of rotatable bonds is 5. The molecule has 2 aromatic rings. The van der Waals surface area contributed by atoms with Crippen molar-refractivity contribution in [3.8, 4) is 0 Å². The molecule has 0 saturated carbocycles. The third-order valence-corrected chi connectivity index (χ3v) is 6.92. The van der Waals surface area contributed by atoms with Gasteiger partial charge in [0.05, 0.1) is 10.6 Å². The normalized spacial score (nSPS) is 19.0. The Morgan fingerprint density at radius 3 is 2.57 bits per heavy atom. The van der Waals surface area contributed by atoms with E-state index in [0.717, 1.165) is 29.1 Å². The molecule has 150 valence electrons. The number of anilines is 2. The van der Waals surface area contributed by atoms with Crippen molar-refractivity contribution in [2.75, 3.05) is 35.8 Å². The van der Waals surface area contributed by atoms with Gasteiger partial charge in [0.1, 0.15) is 5.82 Å². The first-order valence-electron chi connectivity index (χ1n) is 10.0. The summed E-state index contributed by atoms with van der Waals surface area (Å²) in [6, 6.07) is 9.54. The van der Waals surface area contributed by atoms with E-state index < -0.39 is 0 Å². The summed E-state index contributed by atoms with van der Waals surface area (Å²) in [6.07, 6.45) is 8.26. The van der Waals surface area contributed by atoms with Crippen molar-refractivity contribution >= 4 is 39.4 Å². The molecule has 4 nitrogen and oxygen atoms in total. The van der Waals surface area contributed by atoms with Crippen molar-refractivity contribution in [2.45, 2.75) is 43.0 Å². The number of hydrogen-bond donors (Lipinski definition) is 1. The van der Waals surface area contributed by atoms with Crippen LogP contribution in [0.2, 0.25) is 0 Å². The Kier molecular flexibility index (Phi) is 6.75. The average molecular weight is 465 g/mol. The molecule has 2 aliphatic rings. The minimum Gasteiger partial charge on any atom is -0.355 e. The van der Waals surface area contributed by atoms with Gasteiger partial charge < -0.3 is 14.5 Å². The van der Waals surface area contributed by atoms with Gasteiger partial charge in [0.15, 0.2) is 5.82 Å². The molecule has 0 amide bonds. The van der Waals surface area contributed by atoms with Gasteiger partial charge in [-0.15, -0.1) is 0 Å². The number of benzene rings is 1. The van der Waals surface area contributed by atoms with E-state index in [1.807, 2.05) is 18.3 Å². The third kappa shape index (κ3) is 4.81. The zero-order valence-electron chi connectivity index (χ0n) is 15.9. The largest absolute Gasteiger partial charge is 0.355 e. The maximum Gasteiger partial charge on any atom is 0.152 e. The Labute approximate surface area is 179 Å². The molecule has 2 saturated heterocycles. The number of hydrogen-bond acceptors (Lipinski definition) is 5. The van der Waals surface area contributed by atoms with Gasteiger partial charge in [-0.1, -0.05) is 18.6 Å². The van der Waals surface area contributed by atoms with Crippen molar-refractivity contribution in [2.24, 2.45) is 0 Å². The third-order valence-electron chi connectivity index (χ3n) is 5.61. The minimum atomic E-state index is -0.216. The van der Waals surface area contributed by atoms with Crippen LogP contribution in [0, 0.1) is 5.82 Å². The Hall–Kier alpha value is -1.31. The smallest absolute Gasteiger partial charge is 0.152 e. The van der Waals surface area contributed by atoms with E-state index in [1.165, 1.54) is 63.2 Å². The second kappa shape index (κ2) is 9.46. The fourth-order valence-corrected chi connectivity index (χ4v) is 5.14. The average Bonchev–Trinajstić information content (AvgIpc) is 2.74. The second-order valence-corrected chi connectivity index (χ2v) is 9.24. The van der Waals surface area contributed by atoms with E-state index >= 15 is 0 Å². The summed E-state index contributed by atoms with van der Waals surface area (Å²) in [6.45, 7) is 4.53. The van der Waals surface area contributed by atoms with Crippen LogP contribution in [0.5, 0.6) is 0 Å². The molecule has 2 aliphatic heterocycles. The van der Waals surface area contributed by atoms with Crippen LogP contribution >= 0.6 is 27.9 Å². The quantitative estimate of drug-likeness (QED) is 0.585. The van der Waals surface area contributed by atoms with E-state index in [0.29, 0.717) is 10.9 Å². The molecule has 1 N–H and O–H groups in total. The Bertz CT molecular complexity index is 792. The van der Waals surface area contributed by atoms with E-state index in [4.69, 9.17) is 0 Å². The molecule has 0 atom stereocenters.